The molecule has 0 aromatic rings. The number of unbranched alkanes of at least 4 members (excludes halogenated alkanes) is 37. The van der Waals surface area contributed by atoms with Crippen LogP contribution in [0.2, 0.25) is 0 Å². The van der Waals surface area contributed by atoms with Gasteiger partial charge in [0, 0.05) is 19.6 Å². The maximum atomic E-state index is 12.6. The largest absolute Gasteiger partial charge is 0.472 e. The zero-order valence-corrected chi connectivity index (χ0v) is 39.7. The first-order chi connectivity index (χ1) is 28.4. The average Bonchev–Trinajstić information content (AvgIpc) is 3.21. The van der Waals surface area contributed by atoms with E-state index in [1.54, 1.807) is 0 Å². The molecule has 0 spiro atoms. The van der Waals surface area contributed by atoms with Crippen LogP contribution in [0.25, 0.3) is 0 Å². The van der Waals surface area contributed by atoms with Crippen molar-refractivity contribution in [3.63, 3.8) is 0 Å². The first-order valence-corrected chi connectivity index (χ1v) is 27.0. The van der Waals surface area contributed by atoms with Gasteiger partial charge in [0.2, 0.25) is 0 Å². The smallest absolute Gasteiger partial charge is 0.457 e. The molecule has 0 saturated heterocycles. The third-order valence-corrected chi connectivity index (χ3v) is 12.5. The monoisotopic (exact) mass is 846 g/mol. The standard InChI is InChI=1S/C49H100NO7P/c1-3-5-7-9-11-13-15-17-19-21-22-23-24-25-27-29-31-33-35-37-39-41-44-54-46-48(47-56-58(52,53)55-45-43-50)57-49(51)42-40-38-36-34-32-30-28-26-20-18-16-14-12-10-8-6-4-2/h48H,3-47,50H2,1-2H3,(H,52,53). The van der Waals surface area contributed by atoms with Gasteiger partial charge in [0.25, 0.3) is 0 Å². The summed E-state index contributed by atoms with van der Waals surface area (Å²) in [6.45, 7) is 5.01. The Bertz CT molecular complexity index is 863. The van der Waals surface area contributed by atoms with E-state index in [4.69, 9.17) is 24.3 Å². The van der Waals surface area contributed by atoms with Crippen LogP contribution in [0.3, 0.4) is 0 Å². The molecule has 0 rings (SSSR count). The summed E-state index contributed by atoms with van der Waals surface area (Å²) >= 11 is 0. The number of carbonyl (C=O) groups excluding carboxylic acids is 1. The highest BCUT2D eigenvalue weighted by Gasteiger charge is 2.25. The van der Waals surface area contributed by atoms with Crippen LogP contribution in [0.1, 0.15) is 271 Å². The van der Waals surface area contributed by atoms with Crippen LogP contribution in [0, 0.1) is 0 Å². The summed E-state index contributed by atoms with van der Waals surface area (Å²) < 4.78 is 33.6. The summed E-state index contributed by atoms with van der Waals surface area (Å²) in [5.41, 5.74) is 5.39. The summed E-state index contributed by atoms with van der Waals surface area (Å²) in [5.74, 6) is -0.321. The quantitative estimate of drug-likeness (QED) is 0.0353. The maximum Gasteiger partial charge on any atom is 0.472 e. The van der Waals surface area contributed by atoms with Crippen molar-refractivity contribution >= 4 is 13.8 Å². The lowest BCUT2D eigenvalue weighted by atomic mass is 10.0. The lowest BCUT2D eigenvalue weighted by Crippen LogP contribution is -2.28. The Hall–Kier alpha value is -0.500. The molecule has 0 aliphatic rings. The molecule has 0 amide bonds. The van der Waals surface area contributed by atoms with Gasteiger partial charge in [0.05, 0.1) is 19.8 Å². The van der Waals surface area contributed by atoms with Gasteiger partial charge in [-0.25, -0.2) is 4.57 Å². The highest BCUT2D eigenvalue weighted by Crippen LogP contribution is 2.43. The summed E-state index contributed by atoms with van der Waals surface area (Å²) in [4.78, 5) is 22.6. The van der Waals surface area contributed by atoms with Crippen LogP contribution in [0.15, 0.2) is 0 Å². The molecule has 2 atom stereocenters. The van der Waals surface area contributed by atoms with Gasteiger partial charge in [-0.15, -0.1) is 0 Å². The molecule has 9 heteroatoms. The lowest BCUT2D eigenvalue weighted by molar-refractivity contribution is -0.154. The minimum Gasteiger partial charge on any atom is -0.457 e. The van der Waals surface area contributed by atoms with E-state index in [-0.39, 0.29) is 32.3 Å². The fraction of sp³-hybridized carbons (Fsp3) is 0.980. The summed E-state index contributed by atoms with van der Waals surface area (Å²) in [6, 6.07) is 0. The van der Waals surface area contributed by atoms with E-state index in [9.17, 15) is 14.3 Å². The molecule has 0 aromatic heterocycles. The van der Waals surface area contributed by atoms with E-state index in [1.807, 2.05) is 0 Å². The van der Waals surface area contributed by atoms with Gasteiger partial charge in [0.1, 0.15) is 6.10 Å². The molecule has 58 heavy (non-hydrogen) atoms. The Labute approximate surface area is 361 Å². The van der Waals surface area contributed by atoms with Crippen LogP contribution < -0.4 is 5.73 Å². The van der Waals surface area contributed by atoms with Crippen LogP contribution in [-0.4, -0.2) is 49.9 Å². The first-order valence-electron chi connectivity index (χ1n) is 25.5. The number of rotatable bonds is 50. The number of hydrogen-bond acceptors (Lipinski definition) is 7. The third kappa shape index (κ3) is 46.6. The maximum absolute atomic E-state index is 12.6. The second kappa shape index (κ2) is 47.5. The number of esters is 1. The lowest BCUT2D eigenvalue weighted by Gasteiger charge is -2.20. The van der Waals surface area contributed by atoms with Crippen molar-refractivity contribution in [1.82, 2.24) is 0 Å². The minimum absolute atomic E-state index is 0.0897. The summed E-state index contributed by atoms with van der Waals surface area (Å²) in [7, 11) is -4.27. The molecular weight excluding hydrogens is 746 g/mol. The Kier molecular flexibility index (Phi) is 47.1. The molecule has 0 heterocycles. The molecule has 0 bridgehead atoms. The highest BCUT2D eigenvalue weighted by atomic mass is 31.2. The molecule has 0 saturated carbocycles. The topological polar surface area (TPSA) is 117 Å². The van der Waals surface area contributed by atoms with Crippen molar-refractivity contribution in [2.24, 2.45) is 5.73 Å². The number of phosphoric acid groups is 1. The highest BCUT2D eigenvalue weighted by molar-refractivity contribution is 7.47. The number of carbonyl (C=O) groups is 1. The average molecular weight is 846 g/mol. The molecular formula is C49H100NO7P. The zero-order valence-electron chi connectivity index (χ0n) is 38.8. The van der Waals surface area contributed by atoms with E-state index in [0.717, 1.165) is 32.1 Å². The molecule has 0 aliphatic carbocycles. The van der Waals surface area contributed by atoms with E-state index in [0.29, 0.717) is 13.0 Å². The molecule has 8 nitrogen and oxygen atoms in total. The number of ether oxygens (including phenoxy) is 2. The fourth-order valence-corrected chi connectivity index (χ4v) is 8.53. The van der Waals surface area contributed by atoms with Crippen molar-refractivity contribution in [2.45, 2.75) is 277 Å². The molecule has 3 N–H and O–H groups in total. The molecule has 0 radical (unpaired) electrons. The van der Waals surface area contributed by atoms with Crippen molar-refractivity contribution in [2.75, 3.05) is 33.0 Å². The van der Waals surface area contributed by atoms with Gasteiger partial charge < -0.3 is 20.1 Å². The Balaban J connectivity index is 3.87. The number of nitrogens with two attached hydrogens (primary N) is 1. The molecule has 0 aromatic carbocycles. The molecule has 348 valence electrons. The molecule has 0 aliphatic heterocycles. The third-order valence-electron chi connectivity index (χ3n) is 11.5. The predicted octanol–water partition coefficient (Wildman–Crippen LogP) is 15.7. The number of phosphoric ester groups is 1. The van der Waals surface area contributed by atoms with Crippen molar-refractivity contribution < 1.29 is 32.8 Å². The van der Waals surface area contributed by atoms with Gasteiger partial charge in [-0.1, -0.05) is 251 Å². The number of hydrogen-bond donors (Lipinski definition) is 2. The van der Waals surface area contributed by atoms with Gasteiger partial charge in [0.15, 0.2) is 0 Å². The SMILES string of the molecule is CCCCCCCCCCCCCCCCCCCCCCCCOCC(COP(=O)(O)OCCN)OC(=O)CCCCCCCCCCCCCCCCCCC. The van der Waals surface area contributed by atoms with Gasteiger partial charge in [-0.2, -0.15) is 0 Å². The van der Waals surface area contributed by atoms with Crippen molar-refractivity contribution in [3.8, 4) is 0 Å². The summed E-state index contributed by atoms with van der Waals surface area (Å²) in [6.07, 6.45) is 51.4. The predicted molar refractivity (Wildman–Crippen MR) is 248 cm³/mol. The van der Waals surface area contributed by atoms with Crippen LogP contribution in [0.4, 0.5) is 0 Å². The van der Waals surface area contributed by atoms with E-state index >= 15 is 0 Å². The normalized spacial score (nSPS) is 13.2. The second-order valence-corrected chi connectivity index (χ2v) is 18.9. The van der Waals surface area contributed by atoms with Gasteiger partial charge in [-0.3, -0.25) is 13.8 Å². The Morgan fingerprint density at radius 2 is 0.759 bits per heavy atom. The fourth-order valence-electron chi connectivity index (χ4n) is 7.77. The van der Waals surface area contributed by atoms with Crippen LogP contribution >= 0.6 is 7.82 Å². The molecule has 2 unspecified atom stereocenters. The zero-order chi connectivity index (χ0) is 42.3. The minimum atomic E-state index is -4.27. The summed E-state index contributed by atoms with van der Waals surface area (Å²) in [5, 5.41) is 0. The Morgan fingerprint density at radius 1 is 0.448 bits per heavy atom. The van der Waals surface area contributed by atoms with Crippen LogP contribution in [-0.2, 0) is 27.9 Å². The van der Waals surface area contributed by atoms with E-state index < -0.39 is 13.9 Å². The van der Waals surface area contributed by atoms with Crippen LogP contribution in [0.5, 0.6) is 0 Å². The Morgan fingerprint density at radius 3 is 1.09 bits per heavy atom. The van der Waals surface area contributed by atoms with E-state index in [1.165, 1.54) is 218 Å². The van der Waals surface area contributed by atoms with Crippen molar-refractivity contribution in [3.05, 3.63) is 0 Å². The molecule has 0 fully saturated rings. The first kappa shape index (κ1) is 57.5. The van der Waals surface area contributed by atoms with Gasteiger partial charge >= 0.3 is 13.8 Å². The van der Waals surface area contributed by atoms with Gasteiger partial charge in [-0.05, 0) is 12.8 Å². The van der Waals surface area contributed by atoms with E-state index in [2.05, 4.69) is 13.8 Å². The second-order valence-electron chi connectivity index (χ2n) is 17.4. The van der Waals surface area contributed by atoms with Crippen molar-refractivity contribution in [1.29, 1.82) is 0 Å².